The first-order valence-corrected chi connectivity index (χ1v) is 7.07. The van der Waals surface area contributed by atoms with Crippen LogP contribution < -0.4 is 5.32 Å². The van der Waals surface area contributed by atoms with Crippen LogP contribution >= 0.6 is 0 Å². The molecule has 1 aliphatic heterocycles. The molecular formula is C15H29N3O. The van der Waals surface area contributed by atoms with Crippen molar-refractivity contribution >= 4 is 11.7 Å². The Balaban J connectivity index is 0. The Labute approximate surface area is 118 Å². The molecule has 4 nitrogen and oxygen atoms in total. The Kier molecular flexibility index (Phi) is 13.4. The van der Waals surface area contributed by atoms with Gasteiger partial charge in [-0.1, -0.05) is 40.3 Å². The molecule has 0 saturated carbocycles. The average Bonchev–Trinajstić information content (AvgIpc) is 2.58. The molecule has 0 aliphatic carbocycles. The maximum Gasteiger partial charge on any atom is 0.321 e. The molecule has 0 unspecified atom stereocenters. The van der Waals surface area contributed by atoms with Crippen LogP contribution in [-0.2, 0) is 0 Å². The molecule has 19 heavy (non-hydrogen) atoms. The van der Waals surface area contributed by atoms with Crippen LogP contribution in [0.5, 0.6) is 0 Å². The summed E-state index contributed by atoms with van der Waals surface area (Å²) in [5.74, 6) is 0. The standard InChI is InChI=1S/C11H17N3O.2C2H6/c1-4-6-10-9(12-5-2)7-8-14(3)11(15)13-10;2*1-2/h4,6H,1,5,7-8H2,2-3H3,(H,13,15);2*1-2H3/b10-6+,12-9?;;. The fourth-order valence-corrected chi connectivity index (χ4v) is 1.40. The van der Waals surface area contributed by atoms with E-state index in [-0.39, 0.29) is 6.03 Å². The SMILES string of the molecule is C=C/C=C1/NC(=O)N(C)CCC1=NCC.CC.CC. The number of nitrogens with one attached hydrogen (secondary N) is 1. The van der Waals surface area contributed by atoms with E-state index >= 15 is 0 Å². The zero-order valence-corrected chi connectivity index (χ0v) is 13.3. The number of carbonyl (C=O) groups is 1. The fourth-order valence-electron chi connectivity index (χ4n) is 1.40. The molecule has 0 spiro atoms. The summed E-state index contributed by atoms with van der Waals surface area (Å²) in [6.45, 7) is 15.0. The zero-order chi connectivity index (χ0) is 15.3. The minimum Gasteiger partial charge on any atom is -0.327 e. The lowest BCUT2D eigenvalue weighted by Gasteiger charge is -2.12. The molecule has 1 aliphatic rings. The first-order valence-electron chi connectivity index (χ1n) is 7.07. The van der Waals surface area contributed by atoms with Crippen LogP contribution in [0.25, 0.3) is 0 Å². The van der Waals surface area contributed by atoms with E-state index < -0.39 is 0 Å². The topological polar surface area (TPSA) is 44.7 Å². The van der Waals surface area contributed by atoms with E-state index in [1.165, 1.54) is 0 Å². The van der Waals surface area contributed by atoms with Gasteiger partial charge in [-0.15, -0.1) is 0 Å². The third-order valence-electron chi connectivity index (χ3n) is 2.22. The first kappa shape index (κ1) is 19.8. The van der Waals surface area contributed by atoms with Crippen molar-refractivity contribution in [3.63, 3.8) is 0 Å². The molecule has 4 heteroatoms. The summed E-state index contributed by atoms with van der Waals surface area (Å²) >= 11 is 0. The van der Waals surface area contributed by atoms with Crippen molar-refractivity contribution in [3.05, 3.63) is 24.4 Å². The molecule has 2 amide bonds. The van der Waals surface area contributed by atoms with E-state index in [0.29, 0.717) is 6.54 Å². The molecule has 1 rings (SSSR count). The van der Waals surface area contributed by atoms with Crippen molar-refractivity contribution in [2.24, 2.45) is 4.99 Å². The largest absolute Gasteiger partial charge is 0.327 e. The van der Waals surface area contributed by atoms with Crippen LogP contribution in [-0.4, -0.2) is 36.8 Å². The predicted molar refractivity (Wildman–Crippen MR) is 84.7 cm³/mol. The second kappa shape index (κ2) is 12.9. The van der Waals surface area contributed by atoms with Crippen LogP contribution in [0.2, 0.25) is 0 Å². The van der Waals surface area contributed by atoms with Gasteiger partial charge in [-0.25, -0.2) is 4.79 Å². The molecule has 1 N–H and O–H groups in total. The number of hydrogen-bond acceptors (Lipinski definition) is 2. The van der Waals surface area contributed by atoms with E-state index in [4.69, 9.17) is 0 Å². The van der Waals surface area contributed by atoms with Gasteiger partial charge in [-0.3, -0.25) is 4.99 Å². The Morgan fingerprint density at radius 1 is 1.37 bits per heavy atom. The summed E-state index contributed by atoms with van der Waals surface area (Å²) in [5.41, 5.74) is 1.70. The van der Waals surface area contributed by atoms with Gasteiger partial charge in [0.15, 0.2) is 0 Å². The van der Waals surface area contributed by atoms with Crippen LogP contribution in [0.15, 0.2) is 29.4 Å². The quantitative estimate of drug-likeness (QED) is 0.816. The van der Waals surface area contributed by atoms with E-state index in [1.807, 2.05) is 34.6 Å². The number of allylic oxidation sites excluding steroid dienone is 3. The van der Waals surface area contributed by atoms with Crippen LogP contribution in [0.1, 0.15) is 41.0 Å². The van der Waals surface area contributed by atoms with Gasteiger partial charge in [0.1, 0.15) is 0 Å². The van der Waals surface area contributed by atoms with Crippen molar-refractivity contribution in [1.29, 1.82) is 0 Å². The van der Waals surface area contributed by atoms with Crippen molar-refractivity contribution in [2.45, 2.75) is 41.0 Å². The number of nitrogens with zero attached hydrogens (tertiary/aromatic N) is 2. The summed E-state index contributed by atoms with van der Waals surface area (Å²) < 4.78 is 0. The Morgan fingerprint density at radius 2 is 1.95 bits per heavy atom. The zero-order valence-electron chi connectivity index (χ0n) is 13.3. The third kappa shape index (κ3) is 7.44. The van der Waals surface area contributed by atoms with Crippen molar-refractivity contribution in [1.82, 2.24) is 10.2 Å². The number of urea groups is 1. The van der Waals surface area contributed by atoms with Gasteiger partial charge in [0.05, 0.1) is 11.4 Å². The summed E-state index contributed by atoms with van der Waals surface area (Å²) in [6, 6.07) is -0.0931. The van der Waals surface area contributed by atoms with Crippen LogP contribution in [0, 0.1) is 0 Å². The Hall–Kier alpha value is -1.58. The number of rotatable bonds is 2. The van der Waals surface area contributed by atoms with Gasteiger partial charge < -0.3 is 10.2 Å². The molecule has 0 aromatic rings. The first-order chi connectivity index (χ1) is 9.19. The summed E-state index contributed by atoms with van der Waals surface area (Å²) in [5, 5.41) is 2.81. The summed E-state index contributed by atoms with van der Waals surface area (Å²) in [7, 11) is 1.77. The second-order valence-corrected chi connectivity index (χ2v) is 3.34. The van der Waals surface area contributed by atoms with Crippen LogP contribution in [0.4, 0.5) is 4.79 Å². The molecular weight excluding hydrogens is 238 g/mol. The number of aliphatic imine (C=N–C) groups is 1. The Bertz CT molecular complexity index is 319. The van der Waals surface area contributed by atoms with Crippen molar-refractivity contribution in [3.8, 4) is 0 Å². The van der Waals surface area contributed by atoms with Gasteiger partial charge in [-0.2, -0.15) is 0 Å². The fraction of sp³-hybridized carbons (Fsp3) is 0.600. The summed E-state index contributed by atoms with van der Waals surface area (Å²) in [4.78, 5) is 17.6. The third-order valence-corrected chi connectivity index (χ3v) is 2.22. The van der Waals surface area contributed by atoms with Gasteiger partial charge in [0, 0.05) is 26.6 Å². The van der Waals surface area contributed by atoms with E-state index in [1.54, 1.807) is 24.1 Å². The highest BCUT2D eigenvalue weighted by atomic mass is 16.2. The Morgan fingerprint density at radius 3 is 2.42 bits per heavy atom. The van der Waals surface area contributed by atoms with Gasteiger partial charge in [-0.05, 0) is 13.0 Å². The molecule has 1 saturated heterocycles. The molecule has 1 heterocycles. The van der Waals surface area contributed by atoms with Gasteiger partial charge in [0.25, 0.3) is 0 Å². The lowest BCUT2D eigenvalue weighted by atomic mass is 10.2. The van der Waals surface area contributed by atoms with Crippen molar-refractivity contribution in [2.75, 3.05) is 20.1 Å². The minimum atomic E-state index is -0.0931. The molecule has 1 fully saturated rings. The molecule has 110 valence electrons. The molecule has 0 bridgehead atoms. The van der Waals surface area contributed by atoms with E-state index in [0.717, 1.165) is 24.4 Å². The lowest BCUT2D eigenvalue weighted by Crippen LogP contribution is -2.34. The minimum absolute atomic E-state index is 0.0931. The molecule has 0 radical (unpaired) electrons. The number of amides is 2. The maximum atomic E-state index is 11.5. The van der Waals surface area contributed by atoms with E-state index in [9.17, 15) is 4.79 Å². The smallest absolute Gasteiger partial charge is 0.321 e. The maximum absolute atomic E-state index is 11.5. The van der Waals surface area contributed by atoms with E-state index in [2.05, 4.69) is 16.9 Å². The summed E-state index contributed by atoms with van der Waals surface area (Å²) in [6.07, 6.45) is 4.22. The highest BCUT2D eigenvalue weighted by Crippen LogP contribution is 2.07. The monoisotopic (exact) mass is 267 g/mol. The van der Waals surface area contributed by atoms with Crippen LogP contribution in [0.3, 0.4) is 0 Å². The second-order valence-electron chi connectivity index (χ2n) is 3.34. The number of hydrogen-bond donors (Lipinski definition) is 1. The van der Waals surface area contributed by atoms with Crippen molar-refractivity contribution < 1.29 is 4.79 Å². The van der Waals surface area contributed by atoms with Gasteiger partial charge >= 0.3 is 6.03 Å². The molecule has 0 aromatic heterocycles. The average molecular weight is 267 g/mol. The van der Waals surface area contributed by atoms with Gasteiger partial charge in [0.2, 0.25) is 0 Å². The molecule has 0 atom stereocenters. The highest BCUT2D eigenvalue weighted by molar-refractivity contribution is 6.04. The molecule has 0 aromatic carbocycles. The highest BCUT2D eigenvalue weighted by Gasteiger charge is 2.18. The lowest BCUT2D eigenvalue weighted by molar-refractivity contribution is 0.215. The number of carbonyl (C=O) groups excluding carboxylic acids is 1. The normalized spacial score (nSPS) is 18.6. The predicted octanol–water partition coefficient (Wildman–Crippen LogP) is 3.61.